The van der Waals surface area contributed by atoms with E-state index < -0.39 is 29.2 Å². The Morgan fingerprint density at radius 1 is 1.42 bits per heavy atom. The number of H-pyrrole nitrogens is 1. The highest BCUT2D eigenvalue weighted by atomic mass is 16.4. The summed E-state index contributed by atoms with van der Waals surface area (Å²) in [5.41, 5.74) is -0.629. The summed E-state index contributed by atoms with van der Waals surface area (Å²) in [5, 5.41) is 20.8. The van der Waals surface area contributed by atoms with E-state index in [2.05, 4.69) is 10.3 Å². The van der Waals surface area contributed by atoms with E-state index in [-0.39, 0.29) is 17.9 Å². The monoisotopic (exact) mass is 268 g/mol. The topological polar surface area (TPSA) is 119 Å². The van der Waals surface area contributed by atoms with E-state index in [0.717, 1.165) is 12.3 Å². The molecule has 0 fully saturated rings. The zero-order chi connectivity index (χ0) is 14.6. The van der Waals surface area contributed by atoms with Crippen LogP contribution in [0.25, 0.3) is 0 Å². The molecule has 0 saturated heterocycles. The van der Waals surface area contributed by atoms with E-state index in [1.54, 1.807) is 13.8 Å². The predicted octanol–water partition coefficient (Wildman–Crippen LogP) is 0.310. The van der Waals surface area contributed by atoms with Crippen LogP contribution in [0, 0.1) is 5.92 Å². The van der Waals surface area contributed by atoms with Crippen molar-refractivity contribution in [1.29, 1.82) is 0 Å². The zero-order valence-electron chi connectivity index (χ0n) is 10.6. The van der Waals surface area contributed by atoms with Crippen LogP contribution in [0.5, 0.6) is 5.75 Å². The number of hydrogen-bond acceptors (Lipinski definition) is 4. The Morgan fingerprint density at radius 2 is 2.05 bits per heavy atom. The lowest BCUT2D eigenvalue weighted by molar-refractivity contribution is -0.137. The van der Waals surface area contributed by atoms with E-state index in [0.29, 0.717) is 0 Å². The lowest BCUT2D eigenvalue weighted by atomic mass is 10.0. The summed E-state index contributed by atoms with van der Waals surface area (Å²) in [4.78, 5) is 35.8. The third-order valence-corrected chi connectivity index (χ3v) is 2.66. The van der Waals surface area contributed by atoms with Crippen LogP contribution < -0.4 is 10.9 Å². The normalized spacial score (nSPS) is 12.2. The second-order valence-electron chi connectivity index (χ2n) is 4.52. The molecule has 0 unspecified atom stereocenters. The number of aliphatic carboxylic acids is 1. The third-order valence-electron chi connectivity index (χ3n) is 2.66. The number of carboxylic acid groups (broad SMARTS) is 1. The lowest BCUT2D eigenvalue weighted by Crippen LogP contribution is -2.40. The minimum absolute atomic E-state index is 0.0787. The van der Waals surface area contributed by atoms with Gasteiger partial charge in [-0.1, -0.05) is 13.8 Å². The molecule has 0 radical (unpaired) electrons. The van der Waals surface area contributed by atoms with Gasteiger partial charge in [-0.15, -0.1) is 0 Å². The van der Waals surface area contributed by atoms with Gasteiger partial charge in [-0.2, -0.15) is 0 Å². The first kappa shape index (κ1) is 14.7. The van der Waals surface area contributed by atoms with Gasteiger partial charge in [0.05, 0.1) is 12.0 Å². The van der Waals surface area contributed by atoms with Crippen molar-refractivity contribution >= 4 is 11.9 Å². The summed E-state index contributed by atoms with van der Waals surface area (Å²) in [6.45, 7) is 3.56. The largest absolute Gasteiger partial charge is 0.507 e. The fourth-order valence-electron chi connectivity index (χ4n) is 1.53. The van der Waals surface area contributed by atoms with Gasteiger partial charge >= 0.3 is 5.97 Å². The Bertz CT molecular complexity index is 535. The third kappa shape index (κ3) is 4.13. The molecule has 0 bridgehead atoms. The van der Waals surface area contributed by atoms with Gasteiger partial charge in [0, 0.05) is 18.3 Å². The van der Waals surface area contributed by atoms with Crippen molar-refractivity contribution in [2.75, 3.05) is 0 Å². The van der Waals surface area contributed by atoms with Crippen LogP contribution in [-0.2, 0) is 4.79 Å². The molecular formula is C12H16N2O5. The molecule has 0 spiro atoms. The van der Waals surface area contributed by atoms with Gasteiger partial charge in [-0.05, 0) is 5.92 Å². The molecule has 0 aliphatic rings. The number of carbonyl (C=O) groups is 2. The second kappa shape index (κ2) is 6.03. The second-order valence-corrected chi connectivity index (χ2v) is 4.52. The Kier molecular flexibility index (Phi) is 4.68. The fourth-order valence-corrected chi connectivity index (χ4v) is 1.53. The summed E-state index contributed by atoms with van der Waals surface area (Å²) in [6, 6.07) is 0.326. The van der Waals surface area contributed by atoms with E-state index in [9.17, 15) is 19.5 Å². The van der Waals surface area contributed by atoms with Gasteiger partial charge in [0.2, 0.25) is 0 Å². The first-order valence-corrected chi connectivity index (χ1v) is 5.75. The van der Waals surface area contributed by atoms with E-state index in [4.69, 9.17) is 5.11 Å². The van der Waals surface area contributed by atoms with Crippen molar-refractivity contribution < 1.29 is 19.8 Å². The van der Waals surface area contributed by atoms with Crippen LogP contribution >= 0.6 is 0 Å². The molecule has 1 aromatic heterocycles. The Labute approximate surface area is 109 Å². The van der Waals surface area contributed by atoms with Crippen molar-refractivity contribution in [3.05, 3.63) is 28.2 Å². The Morgan fingerprint density at radius 3 is 2.53 bits per heavy atom. The summed E-state index contributed by atoms with van der Waals surface area (Å²) in [5.74, 6) is -2.18. The number of rotatable bonds is 5. The molecule has 1 rings (SSSR count). The number of carbonyl (C=O) groups excluding carboxylic acids is 1. The number of amides is 1. The molecule has 4 N–H and O–H groups in total. The van der Waals surface area contributed by atoms with Crippen LogP contribution in [0.2, 0.25) is 0 Å². The molecule has 104 valence electrons. The SMILES string of the molecule is CC(C)[C@@H](CC(=O)O)NC(=O)c1c[nH]c(=O)cc1O. The van der Waals surface area contributed by atoms with Gasteiger partial charge in [0.15, 0.2) is 0 Å². The van der Waals surface area contributed by atoms with Crippen molar-refractivity contribution in [2.24, 2.45) is 5.92 Å². The number of pyridine rings is 1. The van der Waals surface area contributed by atoms with Crippen LogP contribution in [0.1, 0.15) is 30.6 Å². The van der Waals surface area contributed by atoms with Crippen LogP contribution in [0.4, 0.5) is 0 Å². The van der Waals surface area contributed by atoms with Crippen molar-refractivity contribution in [3.63, 3.8) is 0 Å². The van der Waals surface area contributed by atoms with Crippen LogP contribution in [-0.4, -0.2) is 33.1 Å². The molecule has 0 saturated carbocycles. The minimum Gasteiger partial charge on any atom is -0.507 e. The van der Waals surface area contributed by atoms with E-state index >= 15 is 0 Å². The molecule has 19 heavy (non-hydrogen) atoms. The van der Waals surface area contributed by atoms with Gasteiger partial charge in [-0.25, -0.2) is 0 Å². The molecule has 1 amide bonds. The first-order chi connectivity index (χ1) is 8.81. The molecule has 0 aliphatic heterocycles. The zero-order valence-corrected chi connectivity index (χ0v) is 10.6. The number of hydrogen-bond donors (Lipinski definition) is 4. The quantitative estimate of drug-likeness (QED) is 0.612. The van der Waals surface area contributed by atoms with Crippen LogP contribution in [0.3, 0.4) is 0 Å². The lowest BCUT2D eigenvalue weighted by Gasteiger charge is -2.20. The Balaban J connectivity index is 2.87. The average molecular weight is 268 g/mol. The average Bonchev–Trinajstić information content (AvgIpc) is 2.26. The van der Waals surface area contributed by atoms with Crippen molar-refractivity contribution in [2.45, 2.75) is 26.3 Å². The van der Waals surface area contributed by atoms with Gasteiger partial charge in [0.25, 0.3) is 11.5 Å². The molecule has 7 heteroatoms. The highest BCUT2D eigenvalue weighted by Gasteiger charge is 2.21. The molecule has 1 atom stereocenters. The maximum Gasteiger partial charge on any atom is 0.305 e. The van der Waals surface area contributed by atoms with E-state index in [1.165, 1.54) is 0 Å². The maximum absolute atomic E-state index is 11.9. The number of nitrogens with one attached hydrogen (secondary N) is 2. The molecule has 0 aliphatic carbocycles. The number of aromatic hydroxyl groups is 1. The van der Waals surface area contributed by atoms with Gasteiger partial charge < -0.3 is 20.5 Å². The molecule has 7 nitrogen and oxygen atoms in total. The smallest absolute Gasteiger partial charge is 0.305 e. The molecule has 1 aromatic rings. The van der Waals surface area contributed by atoms with Crippen molar-refractivity contribution in [1.82, 2.24) is 10.3 Å². The number of aromatic nitrogens is 1. The summed E-state index contributed by atoms with van der Waals surface area (Å²) < 4.78 is 0. The number of carboxylic acids is 1. The highest BCUT2D eigenvalue weighted by Crippen LogP contribution is 2.14. The maximum atomic E-state index is 11.9. The molecule has 0 aromatic carbocycles. The van der Waals surface area contributed by atoms with Crippen LogP contribution in [0.15, 0.2) is 17.1 Å². The Hall–Kier alpha value is -2.31. The molecule has 1 heterocycles. The predicted molar refractivity (Wildman–Crippen MR) is 67.1 cm³/mol. The standard InChI is InChI=1S/C12H16N2O5/c1-6(2)8(3-11(17)18)14-12(19)7-5-13-10(16)4-9(7)15/h4-6,8H,3H2,1-2H3,(H,14,19)(H,17,18)(H2,13,15,16)/t8-/m1/s1. The first-order valence-electron chi connectivity index (χ1n) is 5.75. The fraction of sp³-hybridized carbons (Fsp3) is 0.417. The summed E-state index contributed by atoms with van der Waals surface area (Å²) >= 11 is 0. The summed E-state index contributed by atoms with van der Waals surface area (Å²) in [6.07, 6.45) is 0.874. The van der Waals surface area contributed by atoms with Crippen molar-refractivity contribution in [3.8, 4) is 5.75 Å². The van der Waals surface area contributed by atoms with Gasteiger partial charge in [0.1, 0.15) is 5.75 Å². The number of aromatic amines is 1. The van der Waals surface area contributed by atoms with Gasteiger partial charge in [-0.3, -0.25) is 14.4 Å². The summed E-state index contributed by atoms with van der Waals surface area (Å²) in [7, 11) is 0. The highest BCUT2D eigenvalue weighted by molar-refractivity contribution is 5.96. The van der Waals surface area contributed by atoms with E-state index in [1.807, 2.05) is 0 Å². The molecular weight excluding hydrogens is 252 g/mol. The minimum atomic E-state index is -1.02.